The van der Waals surface area contributed by atoms with Gasteiger partial charge in [-0.2, -0.15) is 4.98 Å². The number of benzene rings is 1. The zero-order valence-corrected chi connectivity index (χ0v) is 9.63. The molecule has 0 radical (unpaired) electrons. The van der Waals surface area contributed by atoms with E-state index in [0.29, 0.717) is 6.01 Å². The number of nitrogens with zero attached hydrogens (tertiary/aromatic N) is 3. The topological polar surface area (TPSA) is 64.3 Å². The average Bonchev–Trinajstić information content (AvgIpc) is 2.33. The molecule has 0 aliphatic carbocycles. The van der Waals surface area contributed by atoms with Gasteiger partial charge in [-0.1, -0.05) is 6.07 Å². The molecule has 1 aromatic carbocycles. The van der Waals surface area contributed by atoms with E-state index in [9.17, 15) is 0 Å². The third-order valence-corrected chi connectivity index (χ3v) is 3.01. The SMILES string of the molecule is COc1ncc2c(N3CC(N)C3)cccc2n1. The Hall–Kier alpha value is -1.88. The Morgan fingerprint density at radius 3 is 2.94 bits per heavy atom. The van der Waals surface area contributed by atoms with E-state index in [2.05, 4.69) is 20.9 Å². The number of aromatic nitrogens is 2. The Kier molecular flexibility index (Phi) is 2.33. The third kappa shape index (κ3) is 1.68. The number of methoxy groups -OCH3 is 1. The molecule has 1 aromatic heterocycles. The Balaban J connectivity index is 2.07. The number of hydrogen-bond acceptors (Lipinski definition) is 5. The van der Waals surface area contributed by atoms with E-state index >= 15 is 0 Å². The van der Waals surface area contributed by atoms with Gasteiger partial charge in [-0.3, -0.25) is 0 Å². The Morgan fingerprint density at radius 1 is 1.41 bits per heavy atom. The van der Waals surface area contributed by atoms with Gasteiger partial charge in [0, 0.05) is 36.4 Å². The van der Waals surface area contributed by atoms with Crippen molar-refractivity contribution in [3.8, 4) is 6.01 Å². The number of ether oxygens (including phenoxy) is 1. The van der Waals surface area contributed by atoms with E-state index in [1.807, 2.05) is 12.1 Å². The van der Waals surface area contributed by atoms with Crippen molar-refractivity contribution in [2.24, 2.45) is 5.73 Å². The molecular weight excluding hydrogens is 216 g/mol. The van der Waals surface area contributed by atoms with E-state index in [0.717, 1.165) is 29.7 Å². The highest BCUT2D eigenvalue weighted by atomic mass is 16.5. The van der Waals surface area contributed by atoms with Gasteiger partial charge >= 0.3 is 6.01 Å². The molecule has 0 amide bonds. The molecule has 5 nitrogen and oxygen atoms in total. The van der Waals surface area contributed by atoms with Gasteiger partial charge in [0.1, 0.15) is 0 Å². The van der Waals surface area contributed by atoms with Gasteiger partial charge in [0.05, 0.1) is 12.6 Å². The summed E-state index contributed by atoms with van der Waals surface area (Å²) in [5, 5.41) is 1.04. The molecule has 0 saturated carbocycles. The molecule has 0 unspecified atom stereocenters. The second kappa shape index (κ2) is 3.85. The average molecular weight is 230 g/mol. The summed E-state index contributed by atoms with van der Waals surface area (Å²) < 4.78 is 5.02. The molecule has 3 rings (SSSR count). The normalized spacial score (nSPS) is 16.0. The van der Waals surface area contributed by atoms with Gasteiger partial charge in [0.25, 0.3) is 0 Å². The van der Waals surface area contributed by atoms with Crippen molar-refractivity contribution in [1.29, 1.82) is 0 Å². The summed E-state index contributed by atoms with van der Waals surface area (Å²) in [5.41, 5.74) is 7.85. The minimum Gasteiger partial charge on any atom is -0.467 e. The molecule has 2 N–H and O–H groups in total. The van der Waals surface area contributed by atoms with E-state index in [-0.39, 0.29) is 6.04 Å². The fourth-order valence-electron chi connectivity index (χ4n) is 2.11. The lowest BCUT2D eigenvalue weighted by atomic mass is 10.1. The number of anilines is 1. The van der Waals surface area contributed by atoms with Crippen molar-refractivity contribution in [3.63, 3.8) is 0 Å². The molecule has 5 heteroatoms. The summed E-state index contributed by atoms with van der Waals surface area (Å²) in [5.74, 6) is 0. The predicted molar refractivity (Wildman–Crippen MR) is 66.3 cm³/mol. The van der Waals surface area contributed by atoms with Crippen LogP contribution in [0.5, 0.6) is 6.01 Å². The summed E-state index contributed by atoms with van der Waals surface area (Å²) in [7, 11) is 1.57. The van der Waals surface area contributed by atoms with E-state index < -0.39 is 0 Å². The largest absolute Gasteiger partial charge is 0.467 e. The molecule has 2 aromatic rings. The van der Waals surface area contributed by atoms with E-state index in [4.69, 9.17) is 10.5 Å². The van der Waals surface area contributed by atoms with Crippen LogP contribution in [-0.4, -0.2) is 36.2 Å². The first-order valence-electron chi connectivity index (χ1n) is 5.58. The Morgan fingerprint density at radius 2 is 2.24 bits per heavy atom. The quantitative estimate of drug-likeness (QED) is 0.826. The van der Waals surface area contributed by atoms with Crippen molar-refractivity contribution >= 4 is 16.6 Å². The van der Waals surface area contributed by atoms with Crippen LogP contribution in [0, 0.1) is 0 Å². The molecule has 1 aliphatic rings. The number of nitrogens with two attached hydrogens (primary N) is 1. The van der Waals surface area contributed by atoms with Crippen LogP contribution >= 0.6 is 0 Å². The first-order valence-corrected chi connectivity index (χ1v) is 5.58. The lowest BCUT2D eigenvalue weighted by molar-refractivity contribution is 0.382. The maximum atomic E-state index is 5.80. The maximum absolute atomic E-state index is 5.80. The highest BCUT2D eigenvalue weighted by molar-refractivity contribution is 5.91. The predicted octanol–water partition coefficient (Wildman–Crippen LogP) is 0.786. The second-order valence-corrected chi connectivity index (χ2v) is 4.23. The highest BCUT2D eigenvalue weighted by Crippen LogP contribution is 2.28. The number of rotatable bonds is 2. The molecule has 2 heterocycles. The van der Waals surface area contributed by atoms with Crippen molar-refractivity contribution in [2.75, 3.05) is 25.1 Å². The Bertz CT molecular complexity index is 551. The third-order valence-electron chi connectivity index (χ3n) is 3.01. The van der Waals surface area contributed by atoms with Crippen molar-refractivity contribution in [2.45, 2.75) is 6.04 Å². The standard InChI is InChI=1S/C12H14N4O/c1-17-12-14-5-9-10(15-12)3-2-4-11(9)16-6-8(13)7-16/h2-5,8H,6-7,13H2,1H3. The first kappa shape index (κ1) is 10.3. The number of fused-ring (bicyclic) bond motifs is 1. The van der Waals surface area contributed by atoms with Crippen molar-refractivity contribution < 1.29 is 4.74 Å². The number of hydrogen-bond donors (Lipinski definition) is 1. The molecule has 0 atom stereocenters. The second-order valence-electron chi connectivity index (χ2n) is 4.23. The summed E-state index contributed by atoms with van der Waals surface area (Å²) in [6.45, 7) is 1.79. The van der Waals surface area contributed by atoms with Crippen LogP contribution in [-0.2, 0) is 0 Å². The van der Waals surface area contributed by atoms with Gasteiger partial charge in [-0.25, -0.2) is 4.98 Å². The minimum absolute atomic E-state index is 0.282. The Labute approximate surface area is 99.2 Å². The van der Waals surface area contributed by atoms with Crippen LogP contribution < -0.4 is 15.4 Å². The van der Waals surface area contributed by atoms with E-state index in [1.165, 1.54) is 0 Å². The van der Waals surface area contributed by atoms with Crippen LogP contribution in [0.3, 0.4) is 0 Å². The van der Waals surface area contributed by atoms with Crippen LogP contribution in [0.4, 0.5) is 5.69 Å². The first-order chi connectivity index (χ1) is 8.28. The fourth-order valence-corrected chi connectivity index (χ4v) is 2.11. The van der Waals surface area contributed by atoms with Crippen LogP contribution in [0.2, 0.25) is 0 Å². The lowest BCUT2D eigenvalue weighted by Gasteiger charge is -2.39. The summed E-state index contributed by atoms with van der Waals surface area (Å²) >= 11 is 0. The van der Waals surface area contributed by atoms with Gasteiger partial charge in [0.2, 0.25) is 0 Å². The monoisotopic (exact) mass is 230 g/mol. The van der Waals surface area contributed by atoms with Crippen LogP contribution in [0.15, 0.2) is 24.4 Å². The molecular formula is C12H14N4O. The molecule has 1 aliphatic heterocycles. The molecule has 1 fully saturated rings. The zero-order valence-electron chi connectivity index (χ0n) is 9.63. The zero-order chi connectivity index (χ0) is 11.8. The molecule has 88 valence electrons. The smallest absolute Gasteiger partial charge is 0.316 e. The highest BCUT2D eigenvalue weighted by Gasteiger charge is 2.24. The molecule has 1 saturated heterocycles. The molecule has 17 heavy (non-hydrogen) atoms. The van der Waals surface area contributed by atoms with Crippen molar-refractivity contribution in [3.05, 3.63) is 24.4 Å². The van der Waals surface area contributed by atoms with Gasteiger partial charge in [0.15, 0.2) is 0 Å². The molecule has 0 spiro atoms. The van der Waals surface area contributed by atoms with Crippen LogP contribution in [0.25, 0.3) is 10.9 Å². The molecule has 0 bridgehead atoms. The maximum Gasteiger partial charge on any atom is 0.316 e. The van der Waals surface area contributed by atoms with Gasteiger partial charge < -0.3 is 15.4 Å². The van der Waals surface area contributed by atoms with Crippen LogP contribution in [0.1, 0.15) is 0 Å². The summed E-state index contributed by atoms with van der Waals surface area (Å²) in [4.78, 5) is 10.7. The van der Waals surface area contributed by atoms with E-state index in [1.54, 1.807) is 13.3 Å². The summed E-state index contributed by atoms with van der Waals surface area (Å²) in [6.07, 6.45) is 1.81. The fraction of sp³-hybridized carbons (Fsp3) is 0.333. The van der Waals surface area contributed by atoms with Gasteiger partial charge in [-0.15, -0.1) is 0 Å². The van der Waals surface area contributed by atoms with Crippen molar-refractivity contribution in [1.82, 2.24) is 9.97 Å². The lowest BCUT2D eigenvalue weighted by Crippen LogP contribution is -2.55. The summed E-state index contributed by atoms with van der Waals surface area (Å²) in [6, 6.07) is 6.71. The minimum atomic E-state index is 0.282. The van der Waals surface area contributed by atoms with Gasteiger partial charge in [-0.05, 0) is 12.1 Å².